The first-order valence-electron chi connectivity index (χ1n) is 14.7. The van der Waals surface area contributed by atoms with Crippen LogP contribution in [0, 0.1) is 0 Å². The monoisotopic (exact) mass is 576 g/mol. The molecule has 0 bridgehead atoms. The Bertz CT molecular complexity index is 1850. The highest BCUT2D eigenvalue weighted by Gasteiger charge is 2.47. The van der Waals surface area contributed by atoms with Crippen LogP contribution < -0.4 is 9.47 Å². The maximum atomic E-state index is 14.0. The molecule has 0 atom stereocenters. The Balaban J connectivity index is 1.59. The standard InChI is InChI=1S/C38H31F3O2/c1-4-36(5-2)32-22-26(38(39,40)41)16-18-29(32)33-28-19-17-27(42-3)23-31(28)35-30(34(33)36)20-21-37(43-35,24-12-8-6-9-13-24)25-14-10-7-11-15-25/h6-23H,4-5H2,1-3H3. The first kappa shape index (κ1) is 27.3. The van der Waals surface area contributed by atoms with E-state index in [9.17, 15) is 13.2 Å². The maximum Gasteiger partial charge on any atom is 0.416 e. The molecule has 216 valence electrons. The summed E-state index contributed by atoms with van der Waals surface area (Å²) in [6, 6.07) is 30.4. The zero-order valence-corrected chi connectivity index (χ0v) is 24.3. The largest absolute Gasteiger partial charge is 0.497 e. The van der Waals surface area contributed by atoms with Crippen molar-refractivity contribution in [3.05, 3.63) is 137 Å². The van der Waals surface area contributed by atoms with Crippen LogP contribution in [-0.2, 0) is 17.2 Å². The van der Waals surface area contributed by atoms with E-state index >= 15 is 0 Å². The number of fused-ring (bicyclic) bond motifs is 8. The lowest BCUT2D eigenvalue weighted by atomic mass is 9.71. The van der Waals surface area contributed by atoms with Crippen molar-refractivity contribution in [3.8, 4) is 22.6 Å². The summed E-state index contributed by atoms with van der Waals surface area (Å²) < 4.78 is 55.0. The molecule has 0 fully saturated rings. The summed E-state index contributed by atoms with van der Waals surface area (Å²) in [4.78, 5) is 0. The smallest absolute Gasteiger partial charge is 0.416 e. The van der Waals surface area contributed by atoms with Gasteiger partial charge in [-0.25, -0.2) is 0 Å². The Kier molecular flexibility index (Phi) is 6.21. The van der Waals surface area contributed by atoms with E-state index in [2.05, 4.69) is 50.3 Å². The van der Waals surface area contributed by atoms with Crippen molar-refractivity contribution >= 4 is 16.8 Å². The molecule has 5 aromatic rings. The molecule has 2 aliphatic rings. The third-order valence-corrected chi connectivity index (χ3v) is 9.48. The lowest BCUT2D eigenvalue weighted by molar-refractivity contribution is -0.137. The summed E-state index contributed by atoms with van der Waals surface area (Å²) in [5.74, 6) is 1.39. The molecule has 0 amide bonds. The molecule has 1 aliphatic carbocycles. The van der Waals surface area contributed by atoms with Gasteiger partial charge in [0.05, 0.1) is 12.7 Å². The average Bonchev–Trinajstić information content (AvgIpc) is 3.35. The van der Waals surface area contributed by atoms with Gasteiger partial charge in [-0.3, -0.25) is 0 Å². The Labute approximate surface area is 249 Å². The highest BCUT2D eigenvalue weighted by atomic mass is 19.4. The van der Waals surface area contributed by atoms with E-state index in [-0.39, 0.29) is 0 Å². The maximum absolute atomic E-state index is 14.0. The van der Waals surface area contributed by atoms with Gasteiger partial charge in [0.15, 0.2) is 5.60 Å². The molecule has 2 nitrogen and oxygen atoms in total. The molecule has 1 heterocycles. The van der Waals surface area contributed by atoms with Crippen LogP contribution in [0.25, 0.3) is 28.0 Å². The van der Waals surface area contributed by atoms with Crippen LogP contribution in [0.5, 0.6) is 11.5 Å². The van der Waals surface area contributed by atoms with Crippen molar-refractivity contribution in [2.24, 2.45) is 0 Å². The van der Waals surface area contributed by atoms with Gasteiger partial charge in [0.2, 0.25) is 0 Å². The number of hydrogen-bond donors (Lipinski definition) is 0. The van der Waals surface area contributed by atoms with Crippen LogP contribution in [0.4, 0.5) is 13.2 Å². The summed E-state index contributed by atoms with van der Waals surface area (Å²) in [7, 11) is 1.63. The number of rotatable bonds is 5. The van der Waals surface area contributed by atoms with Gasteiger partial charge in [-0.15, -0.1) is 0 Å². The van der Waals surface area contributed by atoms with Crippen LogP contribution in [0.2, 0.25) is 0 Å². The Hall–Kier alpha value is -4.51. The summed E-state index contributed by atoms with van der Waals surface area (Å²) in [5, 5.41) is 1.80. The topological polar surface area (TPSA) is 18.5 Å². The minimum atomic E-state index is -4.43. The van der Waals surface area contributed by atoms with E-state index < -0.39 is 22.8 Å². The van der Waals surface area contributed by atoms with Crippen LogP contribution in [-0.4, -0.2) is 7.11 Å². The molecule has 0 N–H and O–H groups in total. The molecule has 7 rings (SSSR count). The van der Waals surface area contributed by atoms with Gasteiger partial charge in [0.1, 0.15) is 11.5 Å². The molecule has 0 spiro atoms. The summed E-state index contributed by atoms with van der Waals surface area (Å²) in [5.41, 5.74) is 4.31. The van der Waals surface area contributed by atoms with Crippen molar-refractivity contribution in [2.75, 3.05) is 7.11 Å². The van der Waals surface area contributed by atoms with E-state index in [4.69, 9.17) is 9.47 Å². The highest BCUT2D eigenvalue weighted by molar-refractivity contribution is 6.09. The second-order valence-electron chi connectivity index (χ2n) is 11.4. The van der Waals surface area contributed by atoms with Crippen LogP contribution >= 0.6 is 0 Å². The fraction of sp³-hybridized carbons (Fsp3) is 0.211. The van der Waals surface area contributed by atoms with Gasteiger partial charge >= 0.3 is 6.18 Å². The first-order valence-corrected chi connectivity index (χ1v) is 14.7. The van der Waals surface area contributed by atoms with Gasteiger partial charge in [-0.1, -0.05) is 86.7 Å². The zero-order valence-electron chi connectivity index (χ0n) is 24.3. The quantitative estimate of drug-likeness (QED) is 0.207. The predicted molar refractivity (Wildman–Crippen MR) is 166 cm³/mol. The highest BCUT2D eigenvalue weighted by Crippen LogP contribution is 2.61. The third-order valence-electron chi connectivity index (χ3n) is 9.48. The Morgan fingerprint density at radius 1 is 0.767 bits per heavy atom. The average molecular weight is 577 g/mol. The SMILES string of the molecule is CCC1(CC)c2cc(C(F)(F)F)ccc2-c2c1c1c(c3cc(OC)ccc23)OC(c2ccccc2)(c2ccccc2)C=C1. The van der Waals surface area contributed by atoms with Gasteiger partial charge in [-0.05, 0) is 76.9 Å². The van der Waals surface area contributed by atoms with Gasteiger partial charge in [-0.2, -0.15) is 13.2 Å². The van der Waals surface area contributed by atoms with Crippen LogP contribution in [0.15, 0.2) is 103 Å². The van der Waals surface area contributed by atoms with E-state index in [1.54, 1.807) is 13.2 Å². The fourth-order valence-electron chi connectivity index (χ4n) is 7.33. The van der Waals surface area contributed by atoms with Crippen LogP contribution in [0.3, 0.4) is 0 Å². The number of hydrogen-bond acceptors (Lipinski definition) is 2. The van der Waals surface area contributed by atoms with Crippen molar-refractivity contribution in [2.45, 2.75) is 43.9 Å². The van der Waals surface area contributed by atoms with Gasteiger partial charge in [0.25, 0.3) is 0 Å². The number of halogens is 3. The lowest BCUT2D eigenvalue weighted by Crippen LogP contribution is -2.35. The molecule has 0 aromatic heterocycles. The fourth-order valence-corrected chi connectivity index (χ4v) is 7.33. The summed E-state index contributed by atoms with van der Waals surface area (Å²) >= 11 is 0. The molecule has 43 heavy (non-hydrogen) atoms. The number of methoxy groups -OCH3 is 1. The zero-order chi connectivity index (χ0) is 30.0. The molecular formula is C38H31F3O2. The molecule has 1 aliphatic heterocycles. The second-order valence-corrected chi connectivity index (χ2v) is 11.4. The van der Waals surface area contributed by atoms with Crippen LogP contribution in [0.1, 0.15) is 60.1 Å². The normalized spacial score (nSPS) is 15.9. The summed E-state index contributed by atoms with van der Waals surface area (Å²) in [6.45, 7) is 4.14. The number of alkyl halides is 3. The molecule has 0 unspecified atom stereocenters. The van der Waals surface area contributed by atoms with Crippen molar-refractivity contribution in [3.63, 3.8) is 0 Å². The lowest BCUT2D eigenvalue weighted by Gasteiger charge is -2.39. The summed E-state index contributed by atoms with van der Waals surface area (Å²) in [6.07, 6.45) is 1.10. The minimum Gasteiger partial charge on any atom is -0.497 e. The number of benzene rings is 5. The molecule has 0 saturated heterocycles. The van der Waals surface area contributed by atoms with E-state index in [1.807, 2.05) is 54.6 Å². The predicted octanol–water partition coefficient (Wildman–Crippen LogP) is 10.3. The van der Waals surface area contributed by atoms with E-state index in [0.717, 1.165) is 49.7 Å². The number of ether oxygens (including phenoxy) is 2. The van der Waals surface area contributed by atoms with Crippen molar-refractivity contribution in [1.29, 1.82) is 0 Å². The molecule has 5 heteroatoms. The van der Waals surface area contributed by atoms with Gasteiger partial charge < -0.3 is 9.47 Å². The molecule has 5 aromatic carbocycles. The Morgan fingerprint density at radius 2 is 1.42 bits per heavy atom. The third kappa shape index (κ3) is 3.87. The van der Waals surface area contributed by atoms with E-state index in [1.165, 1.54) is 12.1 Å². The minimum absolute atomic E-state index is 0.614. The molecule has 0 radical (unpaired) electrons. The molecule has 0 saturated carbocycles. The second kappa shape index (κ2) is 9.77. The molecular weight excluding hydrogens is 545 g/mol. The first-order chi connectivity index (χ1) is 20.8. The van der Waals surface area contributed by atoms with Gasteiger partial charge in [0, 0.05) is 27.5 Å². The van der Waals surface area contributed by atoms with Crippen molar-refractivity contribution < 1.29 is 22.6 Å². The Morgan fingerprint density at radius 3 is 2.00 bits per heavy atom. The van der Waals surface area contributed by atoms with Crippen molar-refractivity contribution in [1.82, 2.24) is 0 Å². The van der Waals surface area contributed by atoms with E-state index in [0.29, 0.717) is 24.3 Å².